The van der Waals surface area contributed by atoms with Crippen molar-refractivity contribution in [2.75, 3.05) is 6.54 Å². The summed E-state index contributed by atoms with van der Waals surface area (Å²) in [5.74, 6) is 0. The van der Waals surface area contributed by atoms with Gasteiger partial charge in [-0.05, 0) is 35.9 Å². The van der Waals surface area contributed by atoms with E-state index in [9.17, 15) is 18.0 Å². The smallest absolute Gasteiger partial charge is 0.416 e. The fraction of sp³-hybridized carbons (Fsp3) is 0.278. The third-order valence-corrected chi connectivity index (χ3v) is 3.87. The SMILES string of the molecule is CCNCc1cc(C(F)(F)F)ccc1Br.O=COCc1ccccc1. The van der Waals surface area contributed by atoms with E-state index in [0.717, 1.165) is 24.2 Å². The third kappa shape index (κ3) is 8.18. The van der Waals surface area contributed by atoms with Gasteiger partial charge in [0, 0.05) is 11.0 Å². The molecule has 2 aromatic carbocycles. The van der Waals surface area contributed by atoms with E-state index in [4.69, 9.17) is 0 Å². The third-order valence-electron chi connectivity index (χ3n) is 3.10. The van der Waals surface area contributed by atoms with Gasteiger partial charge in [0.25, 0.3) is 6.47 Å². The standard InChI is InChI=1S/C10H11BrF3N.C8H8O2/c1-2-15-6-7-5-8(10(12,13)14)3-4-9(7)11;9-7-10-6-8-4-2-1-3-5-8/h3-5,15H,2,6H2,1H3;1-5,7H,6H2. The van der Waals surface area contributed by atoms with Crippen LogP contribution in [0, 0.1) is 0 Å². The van der Waals surface area contributed by atoms with Crippen molar-refractivity contribution < 1.29 is 22.7 Å². The van der Waals surface area contributed by atoms with Crippen LogP contribution in [-0.4, -0.2) is 13.0 Å². The zero-order valence-corrected chi connectivity index (χ0v) is 15.2. The molecule has 0 saturated carbocycles. The van der Waals surface area contributed by atoms with E-state index in [1.165, 1.54) is 6.07 Å². The van der Waals surface area contributed by atoms with Crippen LogP contribution in [0.15, 0.2) is 53.0 Å². The molecule has 0 spiro atoms. The Morgan fingerprint density at radius 1 is 1.16 bits per heavy atom. The van der Waals surface area contributed by atoms with E-state index in [0.29, 0.717) is 29.7 Å². The Morgan fingerprint density at radius 3 is 2.40 bits per heavy atom. The summed E-state index contributed by atoms with van der Waals surface area (Å²) >= 11 is 3.22. The average Bonchev–Trinajstić information content (AvgIpc) is 2.60. The zero-order chi connectivity index (χ0) is 18.7. The van der Waals surface area contributed by atoms with Gasteiger partial charge in [-0.25, -0.2) is 0 Å². The maximum atomic E-state index is 12.4. The summed E-state index contributed by atoms with van der Waals surface area (Å²) in [5.41, 5.74) is 1.01. The summed E-state index contributed by atoms with van der Waals surface area (Å²) in [4.78, 5) is 9.76. The van der Waals surface area contributed by atoms with Crippen molar-refractivity contribution in [1.82, 2.24) is 5.32 Å². The van der Waals surface area contributed by atoms with E-state index in [1.54, 1.807) is 0 Å². The quantitative estimate of drug-likeness (QED) is 0.676. The molecule has 25 heavy (non-hydrogen) atoms. The molecule has 0 bridgehead atoms. The molecule has 0 saturated heterocycles. The lowest BCUT2D eigenvalue weighted by molar-refractivity contribution is -0.137. The fourth-order valence-electron chi connectivity index (χ4n) is 1.85. The molecule has 136 valence electrons. The normalized spacial score (nSPS) is 10.6. The van der Waals surface area contributed by atoms with Gasteiger partial charge in [-0.15, -0.1) is 0 Å². The Morgan fingerprint density at radius 2 is 1.84 bits per heavy atom. The number of hydrogen-bond acceptors (Lipinski definition) is 3. The molecule has 0 unspecified atom stereocenters. The first kappa shape index (κ1) is 21.2. The lowest BCUT2D eigenvalue weighted by atomic mass is 10.1. The molecule has 0 atom stereocenters. The average molecular weight is 418 g/mol. The number of ether oxygens (including phenoxy) is 1. The second kappa shape index (κ2) is 10.9. The molecule has 0 fully saturated rings. The second-order valence-electron chi connectivity index (χ2n) is 4.98. The molecule has 0 amide bonds. The Kier molecular flexibility index (Phi) is 9.23. The molecule has 2 rings (SSSR count). The minimum atomic E-state index is -4.28. The molecular formula is C18H19BrF3NO2. The highest BCUT2D eigenvalue weighted by molar-refractivity contribution is 9.10. The first-order valence-electron chi connectivity index (χ1n) is 7.54. The number of nitrogens with one attached hydrogen (secondary N) is 1. The highest BCUT2D eigenvalue weighted by atomic mass is 79.9. The van der Waals surface area contributed by atoms with E-state index in [2.05, 4.69) is 26.0 Å². The van der Waals surface area contributed by atoms with Crippen LogP contribution in [0.3, 0.4) is 0 Å². The van der Waals surface area contributed by atoms with E-state index in [1.807, 2.05) is 37.3 Å². The lowest BCUT2D eigenvalue weighted by Crippen LogP contribution is -2.13. The monoisotopic (exact) mass is 417 g/mol. The summed E-state index contributed by atoms with van der Waals surface area (Å²) in [6.07, 6.45) is -4.28. The molecule has 3 nitrogen and oxygen atoms in total. The Bertz CT molecular complexity index is 649. The first-order chi connectivity index (χ1) is 11.9. The Balaban J connectivity index is 0.000000271. The topological polar surface area (TPSA) is 38.3 Å². The van der Waals surface area contributed by atoms with E-state index >= 15 is 0 Å². The van der Waals surface area contributed by atoms with Crippen LogP contribution in [0.25, 0.3) is 0 Å². The van der Waals surface area contributed by atoms with Gasteiger partial charge in [0.15, 0.2) is 0 Å². The summed E-state index contributed by atoms with van der Waals surface area (Å²) in [7, 11) is 0. The van der Waals surface area contributed by atoms with Crippen LogP contribution in [0.5, 0.6) is 0 Å². The Hall–Kier alpha value is -1.86. The van der Waals surface area contributed by atoms with Gasteiger partial charge in [0.2, 0.25) is 0 Å². The number of rotatable bonds is 6. The summed E-state index contributed by atoms with van der Waals surface area (Å²) in [6.45, 7) is 3.88. The highest BCUT2D eigenvalue weighted by Gasteiger charge is 2.30. The number of hydrogen-bond donors (Lipinski definition) is 1. The van der Waals surface area contributed by atoms with Crippen molar-refractivity contribution in [3.63, 3.8) is 0 Å². The number of benzene rings is 2. The van der Waals surface area contributed by atoms with Crippen molar-refractivity contribution in [3.05, 3.63) is 69.7 Å². The van der Waals surface area contributed by atoms with Gasteiger partial charge in [-0.3, -0.25) is 4.79 Å². The minimum Gasteiger partial charge on any atom is -0.463 e. The van der Waals surface area contributed by atoms with Crippen molar-refractivity contribution in [2.45, 2.75) is 26.3 Å². The van der Waals surface area contributed by atoms with Crippen LogP contribution >= 0.6 is 15.9 Å². The molecule has 0 aliphatic rings. The highest BCUT2D eigenvalue weighted by Crippen LogP contribution is 2.31. The molecule has 1 N–H and O–H groups in total. The number of halogens is 4. The van der Waals surface area contributed by atoms with Crippen molar-refractivity contribution in [1.29, 1.82) is 0 Å². The van der Waals surface area contributed by atoms with Gasteiger partial charge in [0.1, 0.15) is 6.61 Å². The minimum absolute atomic E-state index is 0.365. The van der Waals surface area contributed by atoms with Gasteiger partial charge in [0.05, 0.1) is 5.56 Å². The van der Waals surface area contributed by atoms with Crippen molar-refractivity contribution >= 4 is 22.4 Å². The molecule has 0 radical (unpaired) electrons. The van der Waals surface area contributed by atoms with Gasteiger partial charge in [-0.2, -0.15) is 13.2 Å². The number of alkyl halides is 3. The molecule has 0 aromatic heterocycles. The summed E-state index contributed by atoms with van der Waals surface area (Å²) in [6, 6.07) is 13.2. The fourth-order valence-corrected chi connectivity index (χ4v) is 2.24. The molecular weight excluding hydrogens is 399 g/mol. The van der Waals surface area contributed by atoms with Crippen molar-refractivity contribution in [2.24, 2.45) is 0 Å². The second-order valence-corrected chi connectivity index (χ2v) is 5.83. The predicted molar refractivity (Wildman–Crippen MR) is 93.8 cm³/mol. The van der Waals surface area contributed by atoms with Crippen LogP contribution in [0.4, 0.5) is 13.2 Å². The van der Waals surface area contributed by atoms with Crippen molar-refractivity contribution in [3.8, 4) is 0 Å². The molecule has 0 heterocycles. The maximum absolute atomic E-state index is 12.4. The van der Waals surface area contributed by atoms with Gasteiger partial charge in [-0.1, -0.05) is 53.2 Å². The maximum Gasteiger partial charge on any atom is 0.416 e. The molecule has 7 heteroatoms. The number of carbonyl (C=O) groups excluding carboxylic acids is 1. The van der Waals surface area contributed by atoms with Gasteiger partial charge < -0.3 is 10.1 Å². The first-order valence-corrected chi connectivity index (χ1v) is 8.33. The van der Waals surface area contributed by atoms with E-state index in [-0.39, 0.29) is 0 Å². The van der Waals surface area contributed by atoms with Gasteiger partial charge >= 0.3 is 6.18 Å². The zero-order valence-electron chi connectivity index (χ0n) is 13.6. The predicted octanol–water partition coefficient (Wildman–Crippen LogP) is 4.94. The number of carbonyl (C=O) groups is 1. The largest absolute Gasteiger partial charge is 0.463 e. The van der Waals surface area contributed by atoms with Crippen LogP contribution in [0.2, 0.25) is 0 Å². The molecule has 0 aliphatic heterocycles. The lowest BCUT2D eigenvalue weighted by Gasteiger charge is -2.10. The van der Waals surface area contributed by atoms with Crippen LogP contribution in [-0.2, 0) is 28.9 Å². The van der Waals surface area contributed by atoms with Crippen LogP contribution in [0.1, 0.15) is 23.6 Å². The summed E-state index contributed by atoms with van der Waals surface area (Å²) in [5, 5.41) is 2.99. The molecule has 2 aromatic rings. The Labute approximate surface area is 153 Å². The molecule has 0 aliphatic carbocycles. The summed E-state index contributed by atoms with van der Waals surface area (Å²) < 4.78 is 42.4. The van der Waals surface area contributed by atoms with Crippen LogP contribution < -0.4 is 5.32 Å². The van der Waals surface area contributed by atoms with E-state index < -0.39 is 11.7 Å².